The summed E-state index contributed by atoms with van der Waals surface area (Å²) in [6, 6.07) is 14.6. The fourth-order valence-corrected chi connectivity index (χ4v) is 5.33. The van der Waals surface area contributed by atoms with Crippen LogP contribution in [0.25, 0.3) is 22.0 Å². The van der Waals surface area contributed by atoms with Crippen LogP contribution in [0.2, 0.25) is 0 Å². The first-order valence-electron chi connectivity index (χ1n) is 12.7. The molecule has 0 aliphatic carbocycles. The first kappa shape index (κ1) is 26.2. The van der Waals surface area contributed by atoms with Gasteiger partial charge in [0.2, 0.25) is 0 Å². The fraction of sp³-hybridized carbons (Fsp3) is 0.267. The van der Waals surface area contributed by atoms with Gasteiger partial charge in [-0.2, -0.15) is 0 Å². The molecule has 1 aliphatic heterocycles. The number of carbonyl (C=O) groups is 2. The zero-order valence-corrected chi connectivity index (χ0v) is 22.0. The van der Waals surface area contributed by atoms with Crippen LogP contribution in [-0.4, -0.2) is 35.3 Å². The number of aromatic amines is 1. The number of carbonyl (C=O) groups excluding carboxylic acids is 2. The van der Waals surface area contributed by atoms with Crippen LogP contribution in [0, 0.1) is 11.6 Å². The summed E-state index contributed by atoms with van der Waals surface area (Å²) in [5.41, 5.74) is 1.40. The van der Waals surface area contributed by atoms with E-state index in [0.29, 0.717) is 28.0 Å². The zero-order chi connectivity index (χ0) is 27.9. The van der Waals surface area contributed by atoms with Gasteiger partial charge in [0.1, 0.15) is 17.7 Å². The lowest BCUT2D eigenvalue weighted by molar-refractivity contribution is 0.0526. The topological polar surface area (TPSA) is 92.4 Å². The summed E-state index contributed by atoms with van der Waals surface area (Å²) in [5, 5.41) is 6.65. The normalized spacial score (nSPS) is 17.7. The quantitative estimate of drug-likeness (QED) is 0.236. The SMILES string of the molecule is CCOC(=O)c1ccc(NC(=O)O[C@H]2[C@H](C)c3c(cc(F)c(-c4cccc5cc[nH]c45)c3F)NC2(C)C)cc1. The number of benzene rings is 3. The molecule has 0 fully saturated rings. The number of fused-ring (bicyclic) bond motifs is 2. The molecule has 0 saturated carbocycles. The minimum Gasteiger partial charge on any atom is -0.462 e. The van der Waals surface area contributed by atoms with Crippen LogP contribution in [-0.2, 0) is 9.47 Å². The second kappa shape index (κ2) is 10.1. The third-order valence-electron chi connectivity index (χ3n) is 7.07. The Hall–Kier alpha value is -4.40. The van der Waals surface area contributed by atoms with Gasteiger partial charge in [-0.05, 0) is 62.6 Å². The van der Waals surface area contributed by atoms with E-state index in [1.807, 2.05) is 26.0 Å². The summed E-state index contributed by atoms with van der Waals surface area (Å²) in [6.45, 7) is 7.35. The van der Waals surface area contributed by atoms with E-state index in [4.69, 9.17) is 9.47 Å². The number of esters is 1. The van der Waals surface area contributed by atoms with Crippen molar-refractivity contribution in [1.29, 1.82) is 0 Å². The van der Waals surface area contributed by atoms with Crippen molar-refractivity contribution in [1.82, 2.24) is 4.98 Å². The average Bonchev–Trinajstić information content (AvgIpc) is 3.36. The van der Waals surface area contributed by atoms with Gasteiger partial charge in [-0.1, -0.05) is 25.1 Å². The van der Waals surface area contributed by atoms with Crippen molar-refractivity contribution >= 4 is 34.3 Å². The summed E-state index contributed by atoms with van der Waals surface area (Å²) in [6.07, 6.45) is 0.188. The van der Waals surface area contributed by atoms with Crippen molar-refractivity contribution < 1.29 is 27.8 Å². The zero-order valence-electron chi connectivity index (χ0n) is 22.0. The van der Waals surface area contributed by atoms with Gasteiger partial charge in [0.05, 0.1) is 28.8 Å². The molecule has 4 aromatic rings. The third-order valence-corrected chi connectivity index (χ3v) is 7.07. The second-order valence-electron chi connectivity index (χ2n) is 10.1. The molecule has 1 aliphatic rings. The lowest BCUT2D eigenvalue weighted by atomic mass is 9.77. The number of hydrogen-bond acceptors (Lipinski definition) is 5. The predicted molar refractivity (Wildman–Crippen MR) is 146 cm³/mol. The number of amides is 1. The Morgan fingerprint density at radius 3 is 2.54 bits per heavy atom. The van der Waals surface area contributed by atoms with Gasteiger partial charge in [0.15, 0.2) is 0 Å². The largest absolute Gasteiger partial charge is 0.462 e. The molecule has 0 radical (unpaired) electrons. The van der Waals surface area contributed by atoms with E-state index >= 15 is 8.78 Å². The van der Waals surface area contributed by atoms with E-state index in [1.54, 1.807) is 44.3 Å². The molecule has 3 N–H and O–H groups in total. The molecule has 1 amide bonds. The van der Waals surface area contributed by atoms with E-state index in [9.17, 15) is 9.59 Å². The van der Waals surface area contributed by atoms with Crippen LogP contribution in [0.3, 0.4) is 0 Å². The molecule has 39 heavy (non-hydrogen) atoms. The Balaban J connectivity index is 1.42. The van der Waals surface area contributed by atoms with Gasteiger partial charge in [-0.15, -0.1) is 0 Å². The number of ether oxygens (including phenoxy) is 2. The Labute approximate surface area is 224 Å². The first-order chi connectivity index (χ1) is 18.6. The Kier molecular flexibility index (Phi) is 6.76. The maximum absolute atomic E-state index is 16.2. The number of hydrogen-bond donors (Lipinski definition) is 3. The molecule has 2 heterocycles. The average molecular weight is 534 g/mol. The van der Waals surface area contributed by atoms with Gasteiger partial charge >= 0.3 is 12.1 Å². The smallest absolute Gasteiger partial charge is 0.411 e. The van der Waals surface area contributed by atoms with Crippen molar-refractivity contribution in [2.24, 2.45) is 0 Å². The molecule has 1 aromatic heterocycles. The maximum Gasteiger partial charge on any atom is 0.411 e. The van der Waals surface area contributed by atoms with Crippen LogP contribution in [0.5, 0.6) is 0 Å². The van der Waals surface area contributed by atoms with E-state index < -0.39 is 41.3 Å². The molecule has 2 atom stereocenters. The van der Waals surface area contributed by atoms with Crippen LogP contribution < -0.4 is 10.6 Å². The number of anilines is 2. The predicted octanol–water partition coefficient (Wildman–Crippen LogP) is 7.21. The number of para-hydroxylation sites is 1. The highest BCUT2D eigenvalue weighted by Crippen LogP contribution is 2.46. The highest BCUT2D eigenvalue weighted by molar-refractivity contribution is 5.95. The van der Waals surface area contributed by atoms with Crippen LogP contribution in [0.15, 0.2) is 60.8 Å². The summed E-state index contributed by atoms with van der Waals surface area (Å²) in [5.74, 6) is -2.45. The molecule has 7 nitrogen and oxygen atoms in total. The highest BCUT2D eigenvalue weighted by Gasteiger charge is 2.45. The molecule has 0 bridgehead atoms. The van der Waals surface area contributed by atoms with Crippen molar-refractivity contribution in [2.45, 2.75) is 45.3 Å². The summed E-state index contributed by atoms with van der Waals surface area (Å²) in [7, 11) is 0. The van der Waals surface area contributed by atoms with Crippen molar-refractivity contribution in [3.63, 3.8) is 0 Å². The number of halogens is 2. The fourth-order valence-electron chi connectivity index (χ4n) is 5.33. The Morgan fingerprint density at radius 2 is 1.82 bits per heavy atom. The third kappa shape index (κ3) is 4.80. The van der Waals surface area contributed by atoms with E-state index in [0.717, 1.165) is 5.39 Å². The summed E-state index contributed by atoms with van der Waals surface area (Å²) >= 11 is 0. The van der Waals surface area contributed by atoms with Crippen molar-refractivity contribution in [2.75, 3.05) is 17.2 Å². The lowest BCUT2D eigenvalue weighted by Crippen LogP contribution is -2.52. The Bertz CT molecular complexity index is 1560. The number of aromatic nitrogens is 1. The highest BCUT2D eigenvalue weighted by atomic mass is 19.1. The monoisotopic (exact) mass is 533 g/mol. The molecule has 202 valence electrons. The van der Waals surface area contributed by atoms with Gasteiger partial charge in [0, 0.05) is 34.6 Å². The summed E-state index contributed by atoms with van der Waals surface area (Å²) in [4.78, 5) is 27.8. The minimum absolute atomic E-state index is 0.139. The molecule has 0 spiro atoms. The van der Waals surface area contributed by atoms with Gasteiger partial charge in [-0.25, -0.2) is 18.4 Å². The van der Waals surface area contributed by atoms with Crippen LogP contribution >= 0.6 is 0 Å². The van der Waals surface area contributed by atoms with E-state index in [2.05, 4.69) is 15.6 Å². The number of nitrogens with one attached hydrogen (secondary N) is 3. The standard InChI is InChI=1S/C30H29F2N3O4/c1-5-38-28(36)18-9-11-19(12-10-18)34-29(37)39-27-16(2)23-22(35-30(27,3)4)15-21(31)24(25(23)32)20-8-6-7-17-13-14-33-26(17)20/h6-16,27,33,35H,5H2,1-4H3,(H,34,37)/t16-,27+/m1/s1. The maximum atomic E-state index is 16.2. The molecular formula is C30H29F2N3O4. The summed E-state index contributed by atoms with van der Waals surface area (Å²) < 4.78 is 42.3. The van der Waals surface area contributed by atoms with Gasteiger partial charge in [0.25, 0.3) is 0 Å². The van der Waals surface area contributed by atoms with Gasteiger partial charge in [-0.3, -0.25) is 5.32 Å². The first-order valence-corrected chi connectivity index (χ1v) is 12.7. The van der Waals surface area contributed by atoms with E-state index in [1.165, 1.54) is 18.2 Å². The van der Waals surface area contributed by atoms with Crippen LogP contribution in [0.4, 0.5) is 25.0 Å². The lowest BCUT2D eigenvalue weighted by Gasteiger charge is -2.44. The second-order valence-corrected chi connectivity index (χ2v) is 10.1. The van der Waals surface area contributed by atoms with Crippen molar-refractivity contribution in [3.8, 4) is 11.1 Å². The Morgan fingerprint density at radius 1 is 1.08 bits per heavy atom. The molecule has 5 rings (SSSR count). The van der Waals surface area contributed by atoms with Crippen molar-refractivity contribution in [3.05, 3.63) is 83.6 Å². The minimum atomic E-state index is -0.836. The molecule has 0 unspecified atom stereocenters. The molecule has 9 heteroatoms. The van der Waals surface area contributed by atoms with Crippen LogP contribution in [0.1, 0.15) is 49.5 Å². The molecule has 0 saturated heterocycles. The number of H-pyrrole nitrogens is 1. The van der Waals surface area contributed by atoms with E-state index in [-0.39, 0.29) is 17.7 Å². The molecule has 3 aromatic carbocycles. The number of rotatable bonds is 5. The van der Waals surface area contributed by atoms with Gasteiger partial charge < -0.3 is 19.8 Å². The molecular weight excluding hydrogens is 504 g/mol.